The maximum Gasteiger partial charge on any atom is 0.261 e. The van der Waals surface area contributed by atoms with E-state index in [4.69, 9.17) is 5.73 Å². The predicted octanol–water partition coefficient (Wildman–Crippen LogP) is 3.15. The third-order valence-corrected chi connectivity index (χ3v) is 6.16. The second-order valence-corrected chi connectivity index (χ2v) is 7.64. The van der Waals surface area contributed by atoms with E-state index in [1.165, 1.54) is 30.6 Å². The van der Waals surface area contributed by atoms with Crippen molar-refractivity contribution in [3.8, 4) is 0 Å². The zero-order valence-corrected chi connectivity index (χ0v) is 13.2. The largest absolute Gasteiger partial charge is 0.348 e. The lowest BCUT2D eigenvalue weighted by atomic mass is 9.67. The van der Waals surface area contributed by atoms with E-state index in [2.05, 4.69) is 21.2 Å². The van der Waals surface area contributed by atoms with Gasteiger partial charge in [0.1, 0.15) is 0 Å². The summed E-state index contributed by atoms with van der Waals surface area (Å²) in [5.41, 5.74) is 6.12. The van der Waals surface area contributed by atoms with E-state index in [0.717, 1.165) is 22.2 Å². The van der Waals surface area contributed by atoms with Crippen LogP contribution >= 0.6 is 27.3 Å². The molecule has 1 aromatic heterocycles. The molecule has 2 bridgehead atoms. The van der Waals surface area contributed by atoms with Crippen LogP contribution in [0.15, 0.2) is 15.9 Å². The van der Waals surface area contributed by atoms with Crippen molar-refractivity contribution in [2.24, 2.45) is 17.6 Å². The summed E-state index contributed by atoms with van der Waals surface area (Å²) in [6.07, 6.45) is 5.84. The van der Waals surface area contributed by atoms with Gasteiger partial charge in [0.15, 0.2) is 0 Å². The first-order chi connectivity index (χ1) is 9.13. The normalized spacial score (nSPS) is 34.0. The van der Waals surface area contributed by atoms with Gasteiger partial charge in [0.2, 0.25) is 0 Å². The molecule has 3 N–H and O–H groups in total. The lowest BCUT2D eigenvalue weighted by Crippen LogP contribution is -2.53. The third-order valence-electron chi connectivity index (χ3n) is 4.47. The highest BCUT2D eigenvalue weighted by Gasteiger charge is 2.40. The molecule has 1 aromatic rings. The van der Waals surface area contributed by atoms with Crippen LogP contribution in [0, 0.1) is 11.8 Å². The molecule has 5 heteroatoms. The van der Waals surface area contributed by atoms with Gasteiger partial charge in [-0.05, 0) is 59.5 Å². The van der Waals surface area contributed by atoms with Crippen molar-refractivity contribution in [2.75, 3.05) is 0 Å². The van der Waals surface area contributed by atoms with Gasteiger partial charge in [-0.15, -0.1) is 11.3 Å². The molecule has 0 spiro atoms. The van der Waals surface area contributed by atoms with E-state index in [9.17, 15) is 4.79 Å². The van der Waals surface area contributed by atoms with Crippen LogP contribution in [0.25, 0.3) is 0 Å². The van der Waals surface area contributed by atoms with E-state index in [0.29, 0.717) is 23.9 Å². The van der Waals surface area contributed by atoms with Crippen LogP contribution in [0.3, 0.4) is 0 Å². The van der Waals surface area contributed by atoms with E-state index in [1.54, 1.807) is 0 Å². The molecule has 3 nitrogen and oxygen atoms in total. The van der Waals surface area contributed by atoms with E-state index in [1.807, 2.05) is 11.4 Å². The predicted molar refractivity (Wildman–Crippen MR) is 81.3 cm³/mol. The molecule has 0 saturated heterocycles. The Morgan fingerprint density at radius 1 is 1.37 bits per heavy atom. The smallest absolute Gasteiger partial charge is 0.261 e. The minimum Gasteiger partial charge on any atom is -0.348 e. The second kappa shape index (κ2) is 5.54. The van der Waals surface area contributed by atoms with Crippen molar-refractivity contribution in [2.45, 2.75) is 44.2 Å². The number of fused-ring (bicyclic) bond motifs is 2. The highest BCUT2D eigenvalue weighted by molar-refractivity contribution is 9.10. The zero-order chi connectivity index (χ0) is 13.4. The minimum atomic E-state index is 0.0769. The van der Waals surface area contributed by atoms with Crippen LogP contribution in [0.5, 0.6) is 0 Å². The summed E-state index contributed by atoms with van der Waals surface area (Å²) in [6.45, 7) is 0. The van der Waals surface area contributed by atoms with Gasteiger partial charge >= 0.3 is 0 Å². The number of hydrogen-bond acceptors (Lipinski definition) is 3. The summed E-state index contributed by atoms with van der Waals surface area (Å²) >= 11 is 4.89. The van der Waals surface area contributed by atoms with Crippen LogP contribution in [0.2, 0.25) is 0 Å². The molecule has 2 aliphatic rings. The second-order valence-electron chi connectivity index (χ2n) is 5.81. The van der Waals surface area contributed by atoms with Crippen LogP contribution in [-0.2, 0) is 0 Å². The molecule has 3 rings (SSSR count). The molecular formula is C14H19BrN2OS. The van der Waals surface area contributed by atoms with Gasteiger partial charge in [-0.3, -0.25) is 4.79 Å². The molecule has 19 heavy (non-hydrogen) atoms. The minimum absolute atomic E-state index is 0.0769. The van der Waals surface area contributed by atoms with E-state index < -0.39 is 0 Å². The van der Waals surface area contributed by atoms with Gasteiger partial charge in [-0.25, -0.2) is 0 Å². The molecule has 0 aliphatic heterocycles. The van der Waals surface area contributed by atoms with Crippen LogP contribution in [0.4, 0.5) is 0 Å². The Labute approximate surface area is 126 Å². The molecule has 2 saturated carbocycles. The Hall–Kier alpha value is -0.390. The fraction of sp³-hybridized carbons (Fsp3) is 0.643. The van der Waals surface area contributed by atoms with Gasteiger partial charge in [0.05, 0.1) is 4.88 Å². The summed E-state index contributed by atoms with van der Waals surface area (Å²) in [5.74, 6) is 1.23. The molecule has 1 heterocycles. The SMILES string of the molecule is NC1CC2CCCC(C1)C2NC(=O)c1cc(Br)cs1. The van der Waals surface area contributed by atoms with Gasteiger partial charge in [-0.1, -0.05) is 6.42 Å². The molecule has 2 fully saturated rings. The Morgan fingerprint density at radius 2 is 2.05 bits per heavy atom. The standard InChI is InChI=1S/C14H19BrN2OS/c15-10-6-12(19-7-10)14(18)17-13-8-2-1-3-9(13)5-11(16)4-8/h6-9,11,13H,1-5,16H2,(H,17,18). The fourth-order valence-corrected chi connectivity index (χ4v) is 5.01. The number of halogens is 1. The number of carbonyl (C=O) groups excluding carboxylic acids is 1. The van der Waals surface area contributed by atoms with Crippen molar-refractivity contribution in [1.29, 1.82) is 0 Å². The Bertz CT molecular complexity index is 462. The van der Waals surface area contributed by atoms with Crippen molar-refractivity contribution in [3.63, 3.8) is 0 Å². The molecule has 104 valence electrons. The molecular weight excluding hydrogens is 324 g/mol. The van der Waals surface area contributed by atoms with Crippen molar-refractivity contribution in [3.05, 3.63) is 20.8 Å². The van der Waals surface area contributed by atoms with Crippen molar-refractivity contribution >= 4 is 33.2 Å². The highest BCUT2D eigenvalue weighted by Crippen LogP contribution is 2.39. The van der Waals surface area contributed by atoms with E-state index in [-0.39, 0.29) is 5.91 Å². The summed E-state index contributed by atoms with van der Waals surface area (Å²) in [7, 11) is 0. The number of nitrogens with one attached hydrogen (secondary N) is 1. The first kappa shape index (κ1) is 13.6. The molecule has 2 aliphatic carbocycles. The lowest BCUT2D eigenvalue weighted by molar-refractivity contribution is 0.0759. The third kappa shape index (κ3) is 2.88. The summed E-state index contributed by atoms with van der Waals surface area (Å²) in [5, 5.41) is 5.22. The fourth-order valence-electron chi connectivity index (χ4n) is 3.68. The molecule has 2 atom stereocenters. The average molecular weight is 343 g/mol. The lowest BCUT2D eigenvalue weighted by Gasteiger charge is -2.45. The maximum absolute atomic E-state index is 12.3. The molecule has 0 aromatic carbocycles. The van der Waals surface area contributed by atoms with Gasteiger partial charge in [0, 0.05) is 21.9 Å². The van der Waals surface area contributed by atoms with Crippen LogP contribution in [0.1, 0.15) is 41.8 Å². The highest BCUT2D eigenvalue weighted by atomic mass is 79.9. The van der Waals surface area contributed by atoms with E-state index >= 15 is 0 Å². The molecule has 0 radical (unpaired) electrons. The maximum atomic E-state index is 12.3. The Kier molecular flexibility index (Phi) is 3.96. The van der Waals surface area contributed by atoms with Crippen molar-refractivity contribution in [1.82, 2.24) is 5.32 Å². The molecule has 1 amide bonds. The Balaban J connectivity index is 1.70. The summed E-state index contributed by atoms with van der Waals surface area (Å²) < 4.78 is 0.980. The monoisotopic (exact) mass is 342 g/mol. The van der Waals surface area contributed by atoms with Crippen molar-refractivity contribution < 1.29 is 4.79 Å². The average Bonchev–Trinajstić information content (AvgIpc) is 2.77. The number of rotatable bonds is 2. The number of carbonyl (C=O) groups is 1. The number of nitrogens with two attached hydrogens (primary N) is 1. The van der Waals surface area contributed by atoms with Gasteiger partial charge < -0.3 is 11.1 Å². The Morgan fingerprint density at radius 3 is 2.63 bits per heavy atom. The van der Waals surface area contributed by atoms with Gasteiger partial charge in [0.25, 0.3) is 5.91 Å². The van der Waals surface area contributed by atoms with Crippen LogP contribution in [-0.4, -0.2) is 18.0 Å². The first-order valence-corrected chi connectivity index (χ1v) is 8.61. The first-order valence-electron chi connectivity index (χ1n) is 6.94. The molecule has 2 unspecified atom stereocenters. The topological polar surface area (TPSA) is 55.1 Å². The van der Waals surface area contributed by atoms with Crippen LogP contribution < -0.4 is 11.1 Å². The number of hydrogen-bond donors (Lipinski definition) is 2. The summed E-state index contributed by atoms with van der Waals surface area (Å²) in [6, 6.07) is 2.56. The summed E-state index contributed by atoms with van der Waals surface area (Å²) in [4.78, 5) is 13.1. The quantitative estimate of drug-likeness (QED) is 0.867. The number of thiophene rings is 1. The van der Waals surface area contributed by atoms with Gasteiger partial charge in [-0.2, -0.15) is 0 Å². The number of amides is 1. The zero-order valence-electron chi connectivity index (χ0n) is 10.8.